The smallest absolute Gasteiger partial charge is 0.253 e. The molecule has 0 aromatic heterocycles. The van der Waals surface area contributed by atoms with Crippen LogP contribution in [0.1, 0.15) is 23.2 Å². The molecule has 0 unspecified atom stereocenters. The quantitative estimate of drug-likeness (QED) is 0.729. The van der Waals surface area contributed by atoms with Gasteiger partial charge in [0, 0.05) is 28.5 Å². The van der Waals surface area contributed by atoms with Gasteiger partial charge in [-0.1, -0.05) is 27.5 Å². The Morgan fingerprint density at radius 1 is 1.25 bits per heavy atom. The third-order valence-corrected chi connectivity index (χ3v) is 3.97. The van der Waals surface area contributed by atoms with Crippen LogP contribution in [0.25, 0.3) is 0 Å². The van der Waals surface area contributed by atoms with Gasteiger partial charge >= 0.3 is 0 Å². The van der Waals surface area contributed by atoms with Gasteiger partial charge in [-0.05, 0) is 37.1 Å². The van der Waals surface area contributed by atoms with Crippen LogP contribution >= 0.6 is 27.5 Å². The number of amides is 1. The molecule has 0 spiro atoms. The van der Waals surface area contributed by atoms with Crippen molar-refractivity contribution in [3.8, 4) is 0 Å². The normalized spacial score (nSPS) is 17.5. The van der Waals surface area contributed by atoms with Crippen LogP contribution in [0, 0.1) is 0 Å². The van der Waals surface area contributed by atoms with E-state index in [1.165, 1.54) is 0 Å². The molecule has 1 fully saturated rings. The van der Waals surface area contributed by atoms with Crippen molar-refractivity contribution < 1.29 is 4.79 Å². The van der Waals surface area contributed by atoms with Crippen LogP contribution in [-0.2, 0) is 0 Å². The maximum atomic E-state index is 12.1. The van der Waals surface area contributed by atoms with Crippen molar-refractivity contribution in [2.24, 2.45) is 0 Å². The Kier molecular flexibility index (Phi) is 3.87. The van der Waals surface area contributed by atoms with Crippen LogP contribution in [0.3, 0.4) is 0 Å². The Bertz CT molecular complexity index is 371. The predicted octanol–water partition coefficient (Wildman–Crippen LogP) is 3.34. The van der Waals surface area contributed by atoms with Gasteiger partial charge in [-0.3, -0.25) is 4.79 Å². The van der Waals surface area contributed by atoms with E-state index >= 15 is 0 Å². The molecule has 1 aliphatic heterocycles. The van der Waals surface area contributed by atoms with Crippen molar-refractivity contribution in [3.05, 3.63) is 34.9 Å². The number of piperidine rings is 1. The van der Waals surface area contributed by atoms with Crippen molar-refractivity contribution >= 4 is 33.4 Å². The minimum Gasteiger partial charge on any atom is -0.339 e. The third kappa shape index (κ3) is 2.77. The molecule has 2 rings (SSSR count). The molecule has 86 valence electrons. The molecule has 0 N–H and O–H groups in total. The molecule has 0 radical (unpaired) electrons. The maximum Gasteiger partial charge on any atom is 0.253 e. The first-order valence-electron chi connectivity index (χ1n) is 5.36. The highest BCUT2D eigenvalue weighted by atomic mass is 79.9. The molecule has 0 bridgehead atoms. The van der Waals surface area contributed by atoms with Crippen LogP contribution in [0.5, 0.6) is 0 Å². The first-order chi connectivity index (χ1) is 7.66. The number of carbonyl (C=O) groups is 1. The fraction of sp³-hybridized carbons (Fsp3) is 0.417. The zero-order valence-corrected chi connectivity index (χ0v) is 11.2. The van der Waals surface area contributed by atoms with Gasteiger partial charge in [-0.15, -0.1) is 0 Å². The van der Waals surface area contributed by atoms with E-state index in [2.05, 4.69) is 15.9 Å². The minimum atomic E-state index is 0.107. The second-order valence-electron chi connectivity index (χ2n) is 3.97. The molecule has 0 atom stereocenters. The van der Waals surface area contributed by atoms with Gasteiger partial charge in [0.05, 0.1) is 0 Å². The summed E-state index contributed by atoms with van der Waals surface area (Å²) in [6.45, 7) is 1.66. The third-order valence-electron chi connectivity index (χ3n) is 2.80. The molecule has 0 aliphatic carbocycles. The number of hydrogen-bond donors (Lipinski definition) is 0. The van der Waals surface area contributed by atoms with Crippen molar-refractivity contribution in [1.29, 1.82) is 0 Å². The number of benzene rings is 1. The highest BCUT2D eigenvalue weighted by Gasteiger charge is 2.21. The lowest BCUT2D eigenvalue weighted by molar-refractivity contribution is 0.0728. The highest BCUT2D eigenvalue weighted by molar-refractivity contribution is 9.09. The molecule has 1 heterocycles. The topological polar surface area (TPSA) is 20.3 Å². The van der Waals surface area contributed by atoms with Crippen LogP contribution in [0.4, 0.5) is 0 Å². The van der Waals surface area contributed by atoms with Crippen molar-refractivity contribution in [1.82, 2.24) is 4.90 Å². The van der Waals surface area contributed by atoms with E-state index in [1.807, 2.05) is 4.90 Å². The molecule has 1 aromatic carbocycles. The van der Waals surface area contributed by atoms with Gasteiger partial charge < -0.3 is 4.90 Å². The number of likely N-dealkylation sites (tertiary alicyclic amines) is 1. The van der Waals surface area contributed by atoms with Gasteiger partial charge in [0.2, 0.25) is 0 Å². The van der Waals surface area contributed by atoms with E-state index in [0.29, 0.717) is 9.85 Å². The zero-order valence-electron chi connectivity index (χ0n) is 8.83. The summed E-state index contributed by atoms with van der Waals surface area (Å²) in [4.78, 5) is 14.5. The summed E-state index contributed by atoms with van der Waals surface area (Å²) in [5, 5.41) is 0.663. The molecule has 16 heavy (non-hydrogen) atoms. The summed E-state index contributed by atoms with van der Waals surface area (Å²) < 4.78 is 0. The van der Waals surface area contributed by atoms with Crippen LogP contribution in [0.15, 0.2) is 24.3 Å². The van der Waals surface area contributed by atoms with E-state index in [-0.39, 0.29) is 5.91 Å². The van der Waals surface area contributed by atoms with Crippen molar-refractivity contribution in [2.75, 3.05) is 13.1 Å². The maximum absolute atomic E-state index is 12.1. The molecular weight excluding hydrogens is 289 g/mol. The molecule has 0 saturated carbocycles. The summed E-state index contributed by atoms with van der Waals surface area (Å²) in [5.74, 6) is 0.107. The number of hydrogen-bond acceptors (Lipinski definition) is 1. The first-order valence-corrected chi connectivity index (χ1v) is 6.65. The molecule has 1 aromatic rings. The number of nitrogens with zero attached hydrogens (tertiary/aromatic N) is 1. The van der Waals surface area contributed by atoms with Crippen LogP contribution in [0.2, 0.25) is 5.02 Å². The standard InChI is InChI=1S/C12H13BrClNO/c13-10-5-7-15(8-6-10)12(16)9-1-3-11(14)4-2-9/h1-4,10H,5-8H2. The van der Waals surface area contributed by atoms with Gasteiger partial charge in [0.25, 0.3) is 5.91 Å². The lowest BCUT2D eigenvalue weighted by atomic mass is 10.1. The first kappa shape index (κ1) is 11.9. The van der Waals surface area contributed by atoms with E-state index in [9.17, 15) is 4.79 Å². The second kappa shape index (κ2) is 5.19. The minimum absolute atomic E-state index is 0.107. The average Bonchev–Trinajstić information content (AvgIpc) is 2.30. The summed E-state index contributed by atoms with van der Waals surface area (Å²) >= 11 is 9.37. The van der Waals surface area contributed by atoms with Crippen LogP contribution in [-0.4, -0.2) is 28.7 Å². The highest BCUT2D eigenvalue weighted by Crippen LogP contribution is 2.19. The number of halogens is 2. The second-order valence-corrected chi connectivity index (χ2v) is 5.71. The molecular formula is C12H13BrClNO. The molecule has 4 heteroatoms. The van der Waals surface area contributed by atoms with Crippen LogP contribution < -0.4 is 0 Å². The fourth-order valence-electron chi connectivity index (χ4n) is 1.83. The zero-order chi connectivity index (χ0) is 11.5. The van der Waals surface area contributed by atoms with Gasteiger partial charge in [0.1, 0.15) is 0 Å². The molecule has 1 aliphatic rings. The Morgan fingerprint density at radius 2 is 1.81 bits per heavy atom. The Labute approximate surface area is 109 Å². The van der Waals surface area contributed by atoms with Gasteiger partial charge in [-0.25, -0.2) is 0 Å². The van der Waals surface area contributed by atoms with Gasteiger partial charge in [-0.2, -0.15) is 0 Å². The summed E-state index contributed by atoms with van der Waals surface area (Å²) in [6, 6.07) is 7.08. The van der Waals surface area contributed by atoms with E-state index in [1.54, 1.807) is 24.3 Å². The SMILES string of the molecule is O=C(c1ccc(Cl)cc1)N1CCC(Br)CC1. The monoisotopic (exact) mass is 301 g/mol. The van der Waals surface area contributed by atoms with Gasteiger partial charge in [0.15, 0.2) is 0 Å². The van der Waals surface area contributed by atoms with Crippen molar-refractivity contribution in [3.63, 3.8) is 0 Å². The summed E-state index contributed by atoms with van der Waals surface area (Å²) in [7, 11) is 0. The largest absolute Gasteiger partial charge is 0.339 e. The van der Waals surface area contributed by atoms with E-state index < -0.39 is 0 Å². The summed E-state index contributed by atoms with van der Waals surface area (Å²) in [5.41, 5.74) is 0.720. The molecule has 2 nitrogen and oxygen atoms in total. The average molecular weight is 303 g/mol. The number of rotatable bonds is 1. The molecule has 1 saturated heterocycles. The Balaban J connectivity index is 2.05. The lowest BCUT2D eigenvalue weighted by Crippen LogP contribution is -2.38. The number of carbonyl (C=O) groups excluding carboxylic acids is 1. The Morgan fingerprint density at radius 3 is 2.38 bits per heavy atom. The van der Waals surface area contributed by atoms with E-state index in [4.69, 9.17) is 11.6 Å². The predicted molar refractivity (Wildman–Crippen MR) is 69.3 cm³/mol. The summed E-state index contributed by atoms with van der Waals surface area (Å²) in [6.07, 6.45) is 2.05. The fourth-order valence-corrected chi connectivity index (χ4v) is 2.36. The number of alkyl halides is 1. The van der Waals surface area contributed by atoms with Crippen molar-refractivity contribution in [2.45, 2.75) is 17.7 Å². The van der Waals surface area contributed by atoms with E-state index in [0.717, 1.165) is 31.5 Å². The Hall–Kier alpha value is -0.540. The lowest BCUT2D eigenvalue weighted by Gasteiger charge is -2.29. The molecule has 1 amide bonds.